The molecule has 0 saturated heterocycles. The SMILES string of the molecule is C#C.C=C(C)c1ccc(/C(C)=C(C)/C=C\C)cc1.CC1C=CC(C(C)(C)C)=CC1. The van der Waals surface area contributed by atoms with Crippen molar-refractivity contribution in [2.24, 2.45) is 11.3 Å². The van der Waals surface area contributed by atoms with Crippen LogP contribution in [0.1, 0.15) is 72.9 Å². The van der Waals surface area contributed by atoms with E-state index in [4.69, 9.17) is 0 Å². The van der Waals surface area contributed by atoms with Crippen molar-refractivity contribution in [2.45, 2.75) is 61.8 Å². The van der Waals surface area contributed by atoms with E-state index in [9.17, 15) is 0 Å². The molecular weight excluding hydrogens is 348 g/mol. The second kappa shape index (κ2) is 12.8. The van der Waals surface area contributed by atoms with E-state index in [0.29, 0.717) is 5.41 Å². The number of terminal acetylenes is 1. The minimum Gasteiger partial charge on any atom is -0.124 e. The zero-order valence-electron chi connectivity index (χ0n) is 19.8. The van der Waals surface area contributed by atoms with Crippen molar-refractivity contribution < 1.29 is 0 Å². The van der Waals surface area contributed by atoms with Gasteiger partial charge >= 0.3 is 0 Å². The third-order valence-electron chi connectivity index (χ3n) is 5.00. The van der Waals surface area contributed by atoms with Crippen LogP contribution in [0.3, 0.4) is 0 Å². The number of benzene rings is 1. The lowest BCUT2D eigenvalue weighted by molar-refractivity contribution is 0.507. The molecule has 0 aromatic heterocycles. The quantitative estimate of drug-likeness (QED) is 0.358. The van der Waals surface area contributed by atoms with Gasteiger partial charge in [-0.15, -0.1) is 12.8 Å². The fourth-order valence-electron chi connectivity index (χ4n) is 2.89. The summed E-state index contributed by atoms with van der Waals surface area (Å²) in [6.45, 7) is 21.4. The molecule has 1 aliphatic carbocycles. The zero-order valence-corrected chi connectivity index (χ0v) is 19.8. The monoisotopic (exact) mass is 388 g/mol. The lowest BCUT2D eigenvalue weighted by atomic mass is 9.82. The number of allylic oxidation sites excluding steroid dienone is 9. The standard InChI is InChI=1S/C16H20.C11H18.C2H2/c1-6-7-13(4)14(5)16-10-8-15(9-11-16)12(2)3;1-9-5-7-10(8-6-9)11(2,3)4;1-2/h6-11H,2H2,1,3-5H3;5,7-9H,6H2,1-4H3;1-2H/b7-6-,14-13+;;. The van der Waals surface area contributed by atoms with Crippen molar-refractivity contribution in [1.29, 1.82) is 0 Å². The van der Waals surface area contributed by atoms with Gasteiger partial charge in [0.25, 0.3) is 0 Å². The Labute approximate surface area is 180 Å². The zero-order chi connectivity index (χ0) is 22.6. The molecule has 0 amide bonds. The molecule has 1 aliphatic rings. The van der Waals surface area contributed by atoms with Crippen molar-refractivity contribution in [1.82, 2.24) is 0 Å². The molecule has 0 bridgehead atoms. The van der Waals surface area contributed by atoms with Crippen LogP contribution < -0.4 is 0 Å². The first-order chi connectivity index (χ1) is 13.6. The molecule has 0 heterocycles. The Kier molecular flexibility index (Phi) is 11.7. The first-order valence-corrected chi connectivity index (χ1v) is 10.3. The van der Waals surface area contributed by atoms with Crippen molar-refractivity contribution >= 4 is 11.1 Å². The third-order valence-corrected chi connectivity index (χ3v) is 5.00. The normalized spacial score (nSPS) is 16.6. The molecule has 0 fully saturated rings. The van der Waals surface area contributed by atoms with E-state index in [1.54, 1.807) is 0 Å². The summed E-state index contributed by atoms with van der Waals surface area (Å²) in [5.41, 5.74) is 8.04. The highest BCUT2D eigenvalue weighted by atomic mass is 14.2. The summed E-state index contributed by atoms with van der Waals surface area (Å²) in [6.07, 6.45) is 20.4. The lowest BCUT2D eigenvalue weighted by Gasteiger charge is -2.23. The summed E-state index contributed by atoms with van der Waals surface area (Å²) in [5.74, 6) is 0.737. The van der Waals surface area contributed by atoms with Gasteiger partial charge in [0, 0.05) is 0 Å². The number of rotatable bonds is 3. The van der Waals surface area contributed by atoms with Crippen molar-refractivity contribution in [2.75, 3.05) is 0 Å². The molecule has 1 aromatic rings. The summed E-state index contributed by atoms with van der Waals surface area (Å²) < 4.78 is 0. The summed E-state index contributed by atoms with van der Waals surface area (Å²) >= 11 is 0. The molecule has 1 unspecified atom stereocenters. The van der Waals surface area contributed by atoms with Crippen LogP contribution in [0, 0.1) is 24.2 Å². The highest BCUT2D eigenvalue weighted by Gasteiger charge is 2.16. The average Bonchev–Trinajstić information content (AvgIpc) is 2.69. The molecule has 1 aromatic carbocycles. The van der Waals surface area contributed by atoms with Gasteiger partial charge in [0.05, 0.1) is 0 Å². The van der Waals surface area contributed by atoms with Crippen LogP contribution in [-0.4, -0.2) is 0 Å². The number of hydrogen-bond donors (Lipinski definition) is 0. The lowest BCUT2D eigenvalue weighted by Crippen LogP contribution is -2.10. The smallest absolute Gasteiger partial charge is 0.0135 e. The Morgan fingerprint density at radius 3 is 1.93 bits per heavy atom. The summed E-state index contributed by atoms with van der Waals surface area (Å²) in [7, 11) is 0. The predicted octanol–water partition coefficient (Wildman–Crippen LogP) is 8.89. The first-order valence-electron chi connectivity index (χ1n) is 10.3. The molecule has 0 heteroatoms. The maximum absolute atomic E-state index is 4.00. The molecule has 0 saturated carbocycles. The summed E-state index contributed by atoms with van der Waals surface area (Å²) in [6, 6.07) is 8.58. The fraction of sp³-hybridized carbons (Fsp3) is 0.379. The largest absolute Gasteiger partial charge is 0.124 e. The highest BCUT2D eigenvalue weighted by molar-refractivity contribution is 5.71. The van der Waals surface area contributed by atoms with E-state index < -0.39 is 0 Å². The summed E-state index contributed by atoms with van der Waals surface area (Å²) in [5, 5.41) is 0. The Morgan fingerprint density at radius 2 is 1.55 bits per heavy atom. The molecule has 29 heavy (non-hydrogen) atoms. The van der Waals surface area contributed by atoms with E-state index in [0.717, 1.165) is 11.5 Å². The number of hydrogen-bond acceptors (Lipinski definition) is 0. The first kappa shape index (κ1) is 26.5. The van der Waals surface area contributed by atoms with Crippen molar-refractivity contribution in [3.63, 3.8) is 0 Å². The van der Waals surface area contributed by atoms with Gasteiger partial charge in [0.1, 0.15) is 0 Å². The molecule has 1 atom stereocenters. The molecule has 0 N–H and O–H groups in total. The topological polar surface area (TPSA) is 0 Å². The third kappa shape index (κ3) is 9.49. The predicted molar refractivity (Wildman–Crippen MR) is 135 cm³/mol. The van der Waals surface area contributed by atoms with Crippen LogP contribution in [0.25, 0.3) is 11.1 Å². The van der Waals surface area contributed by atoms with Gasteiger partial charge in [0.2, 0.25) is 0 Å². The Bertz CT molecular complexity index is 781. The molecule has 0 nitrogen and oxygen atoms in total. The van der Waals surface area contributed by atoms with Gasteiger partial charge in [-0.05, 0) is 73.3 Å². The molecule has 0 aliphatic heterocycles. The molecule has 2 rings (SSSR count). The van der Waals surface area contributed by atoms with Crippen LogP contribution >= 0.6 is 0 Å². The highest BCUT2D eigenvalue weighted by Crippen LogP contribution is 2.30. The Hall–Kier alpha value is -2.52. The average molecular weight is 389 g/mol. The van der Waals surface area contributed by atoms with Gasteiger partial charge in [-0.25, -0.2) is 0 Å². The molecule has 156 valence electrons. The minimum atomic E-state index is 0.330. The Balaban J connectivity index is 0.000000526. The van der Waals surface area contributed by atoms with Crippen molar-refractivity contribution in [3.8, 4) is 12.8 Å². The van der Waals surface area contributed by atoms with Crippen LogP contribution in [0.5, 0.6) is 0 Å². The van der Waals surface area contributed by atoms with Gasteiger partial charge in [0.15, 0.2) is 0 Å². The van der Waals surface area contributed by atoms with Crippen LogP contribution in [0.15, 0.2) is 72.4 Å². The fourth-order valence-corrected chi connectivity index (χ4v) is 2.89. The van der Waals surface area contributed by atoms with Gasteiger partial charge in [-0.2, -0.15) is 0 Å². The van der Waals surface area contributed by atoms with E-state index in [-0.39, 0.29) is 0 Å². The molecular formula is C29H40. The van der Waals surface area contributed by atoms with E-state index in [1.165, 1.54) is 34.3 Å². The van der Waals surface area contributed by atoms with E-state index >= 15 is 0 Å². The van der Waals surface area contributed by atoms with Crippen LogP contribution in [0.4, 0.5) is 0 Å². The maximum atomic E-state index is 4.00. The Morgan fingerprint density at radius 1 is 1.03 bits per heavy atom. The van der Waals surface area contributed by atoms with Gasteiger partial charge in [-0.1, -0.05) is 94.5 Å². The van der Waals surface area contributed by atoms with E-state index in [2.05, 4.69) is 116 Å². The van der Waals surface area contributed by atoms with E-state index in [1.807, 2.05) is 13.8 Å². The van der Waals surface area contributed by atoms with Crippen LogP contribution in [-0.2, 0) is 0 Å². The second-order valence-corrected chi connectivity index (χ2v) is 8.65. The van der Waals surface area contributed by atoms with Gasteiger partial charge < -0.3 is 0 Å². The second-order valence-electron chi connectivity index (χ2n) is 8.65. The van der Waals surface area contributed by atoms with Gasteiger partial charge in [-0.3, -0.25) is 0 Å². The van der Waals surface area contributed by atoms with Crippen molar-refractivity contribution in [3.05, 3.63) is 83.5 Å². The molecule has 0 radical (unpaired) electrons. The summed E-state index contributed by atoms with van der Waals surface area (Å²) in [4.78, 5) is 0. The minimum absolute atomic E-state index is 0.330. The molecule has 0 spiro atoms. The maximum Gasteiger partial charge on any atom is -0.0135 e. The van der Waals surface area contributed by atoms with Crippen LogP contribution in [0.2, 0.25) is 0 Å².